The molecule has 0 atom stereocenters. The van der Waals surface area contributed by atoms with Crippen LogP contribution in [0.15, 0.2) is 61.2 Å². The van der Waals surface area contributed by atoms with Crippen molar-refractivity contribution in [2.45, 2.75) is 13.3 Å². The molecule has 134 valence electrons. The molecule has 0 bridgehead atoms. The summed E-state index contributed by atoms with van der Waals surface area (Å²) < 4.78 is 11.1. The second-order valence-electron chi connectivity index (χ2n) is 5.57. The van der Waals surface area contributed by atoms with Gasteiger partial charge in [-0.25, -0.2) is 0 Å². The maximum Gasteiger partial charge on any atom is 0.258 e. The van der Waals surface area contributed by atoms with Gasteiger partial charge in [-0.05, 0) is 36.6 Å². The van der Waals surface area contributed by atoms with Crippen molar-refractivity contribution in [3.8, 4) is 23.3 Å². The number of carbonyl (C=O) groups excluding carboxylic acids is 1. The Morgan fingerprint density at radius 2 is 1.81 bits per heavy atom. The van der Waals surface area contributed by atoms with Crippen LogP contribution in [0.5, 0.6) is 11.5 Å². The number of hydrogen-bond donors (Lipinski definition) is 1. The third-order valence-electron chi connectivity index (χ3n) is 3.59. The van der Waals surface area contributed by atoms with Gasteiger partial charge in [0.25, 0.3) is 5.91 Å². The van der Waals surface area contributed by atoms with Crippen LogP contribution in [-0.4, -0.2) is 25.7 Å². The molecule has 0 spiro atoms. The molecule has 26 heavy (non-hydrogen) atoms. The topological polar surface area (TPSA) is 47.6 Å². The molecular weight excluding hydrogens is 326 g/mol. The number of benzene rings is 2. The molecule has 0 unspecified atom stereocenters. The van der Waals surface area contributed by atoms with Gasteiger partial charge in [0.05, 0.1) is 6.54 Å². The van der Waals surface area contributed by atoms with Crippen LogP contribution in [0, 0.1) is 18.8 Å². The van der Waals surface area contributed by atoms with Gasteiger partial charge in [0, 0.05) is 0 Å². The van der Waals surface area contributed by atoms with Crippen molar-refractivity contribution in [2.24, 2.45) is 0 Å². The highest BCUT2D eigenvalue weighted by atomic mass is 16.5. The number of carbonyl (C=O) groups is 1. The van der Waals surface area contributed by atoms with E-state index in [4.69, 9.17) is 9.47 Å². The van der Waals surface area contributed by atoms with Crippen molar-refractivity contribution in [1.29, 1.82) is 0 Å². The average molecular weight is 349 g/mol. The molecule has 2 aromatic rings. The van der Waals surface area contributed by atoms with E-state index in [2.05, 4.69) is 23.7 Å². The predicted molar refractivity (Wildman–Crippen MR) is 103 cm³/mol. The highest BCUT2D eigenvalue weighted by Gasteiger charge is 2.03. The molecule has 4 heteroatoms. The quantitative estimate of drug-likeness (QED) is 0.588. The first-order valence-electron chi connectivity index (χ1n) is 8.43. The van der Waals surface area contributed by atoms with Gasteiger partial charge >= 0.3 is 0 Å². The van der Waals surface area contributed by atoms with Crippen LogP contribution in [0.2, 0.25) is 0 Å². The Bertz CT molecular complexity index is 802. The molecule has 1 N–H and O–H groups in total. The van der Waals surface area contributed by atoms with Crippen molar-refractivity contribution < 1.29 is 14.3 Å². The lowest BCUT2D eigenvalue weighted by Gasteiger charge is -2.08. The summed E-state index contributed by atoms with van der Waals surface area (Å²) in [5.74, 6) is 7.06. The Kier molecular flexibility index (Phi) is 7.82. The fraction of sp³-hybridized carbons (Fsp3) is 0.227. The van der Waals surface area contributed by atoms with Crippen LogP contribution >= 0.6 is 0 Å². The zero-order valence-electron chi connectivity index (χ0n) is 15.0. The van der Waals surface area contributed by atoms with Crippen LogP contribution in [0.3, 0.4) is 0 Å². The molecular formula is C22H23NO3. The van der Waals surface area contributed by atoms with Crippen molar-refractivity contribution in [3.63, 3.8) is 0 Å². The van der Waals surface area contributed by atoms with Crippen LogP contribution in [0.1, 0.15) is 11.1 Å². The number of ether oxygens (including phenoxy) is 2. The molecule has 0 aromatic heterocycles. The highest BCUT2D eigenvalue weighted by Crippen LogP contribution is 2.18. The average Bonchev–Trinajstić information content (AvgIpc) is 2.65. The molecule has 1 amide bonds. The number of aryl methyl sites for hydroxylation is 1. The SMILES string of the molecule is C=CCc1ccccc1OCC#CCNC(=O)COc1ccccc1C. The monoisotopic (exact) mass is 349 g/mol. The second-order valence-corrected chi connectivity index (χ2v) is 5.57. The van der Waals surface area contributed by atoms with Crippen LogP contribution in [-0.2, 0) is 11.2 Å². The van der Waals surface area contributed by atoms with Gasteiger partial charge in [0.15, 0.2) is 6.61 Å². The Morgan fingerprint density at radius 1 is 1.08 bits per heavy atom. The Morgan fingerprint density at radius 3 is 2.58 bits per heavy atom. The van der Waals surface area contributed by atoms with Crippen molar-refractivity contribution >= 4 is 5.91 Å². The maximum atomic E-state index is 11.8. The largest absolute Gasteiger partial charge is 0.484 e. The Balaban J connectivity index is 1.68. The second kappa shape index (κ2) is 10.6. The van der Waals surface area contributed by atoms with Crippen molar-refractivity contribution in [3.05, 3.63) is 72.3 Å². The zero-order chi connectivity index (χ0) is 18.6. The van der Waals surface area contributed by atoms with E-state index in [-0.39, 0.29) is 25.7 Å². The van der Waals surface area contributed by atoms with Gasteiger partial charge in [0.2, 0.25) is 0 Å². The lowest BCUT2D eigenvalue weighted by molar-refractivity contribution is -0.122. The fourth-order valence-electron chi connectivity index (χ4n) is 2.25. The summed E-state index contributed by atoms with van der Waals surface area (Å²) in [6.45, 7) is 6.17. The molecule has 4 nitrogen and oxygen atoms in total. The Hall–Kier alpha value is -3.19. The summed E-state index contributed by atoms with van der Waals surface area (Å²) in [7, 11) is 0. The predicted octanol–water partition coefficient (Wildman–Crippen LogP) is 3.30. The molecule has 0 aliphatic rings. The lowest BCUT2D eigenvalue weighted by atomic mass is 10.1. The van der Waals surface area contributed by atoms with Crippen LogP contribution < -0.4 is 14.8 Å². The van der Waals surface area contributed by atoms with Crippen LogP contribution in [0.4, 0.5) is 0 Å². The summed E-state index contributed by atoms with van der Waals surface area (Å²) in [5.41, 5.74) is 2.07. The van der Waals surface area contributed by atoms with E-state index in [1.165, 1.54) is 0 Å². The van der Waals surface area contributed by atoms with Crippen molar-refractivity contribution in [1.82, 2.24) is 5.32 Å². The lowest BCUT2D eigenvalue weighted by Crippen LogP contribution is -2.29. The first-order valence-corrected chi connectivity index (χ1v) is 8.43. The van der Waals surface area contributed by atoms with Gasteiger partial charge in [-0.15, -0.1) is 6.58 Å². The Labute approximate surface area is 154 Å². The van der Waals surface area contributed by atoms with Gasteiger partial charge in [-0.1, -0.05) is 54.3 Å². The molecule has 0 aliphatic carbocycles. The molecule has 2 rings (SSSR count). The first-order chi connectivity index (χ1) is 12.7. The third-order valence-corrected chi connectivity index (χ3v) is 3.59. The molecule has 2 aromatic carbocycles. The van der Waals surface area contributed by atoms with E-state index in [0.29, 0.717) is 5.75 Å². The van der Waals surface area contributed by atoms with E-state index < -0.39 is 0 Å². The number of para-hydroxylation sites is 2. The zero-order valence-corrected chi connectivity index (χ0v) is 15.0. The highest BCUT2D eigenvalue weighted by molar-refractivity contribution is 5.77. The van der Waals surface area contributed by atoms with E-state index in [1.54, 1.807) is 0 Å². The maximum absolute atomic E-state index is 11.8. The first kappa shape index (κ1) is 19.1. The summed E-state index contributed by atoms with van der Waals surface area (Å²) in [6, 6.07) is 15.4. The van der Waals surface area contributed by atoms with Crippen LogP contribution in [0.25, 0.3) is 0 Å². The standard InChI is InChI=1S/C22H23NO3/c1-3-10-19-12-5-7-14-21(19)25-16-9-8-15-23-22(24)17-26-20-13-6-4-11-18(20)2/h3-7,11-14H,1,10,15-17H2,2H3,(H,23,24). The van der Waals surface area contributed by atoms with Gasteiger partial charge in [0.1, 0.15) is 18.1 Å². The van der Waals surface area contributed by atoms with Gasteiger partial charge in [-0.3, -0.25) is 4.79 Å². The summed E-state index contributed by atoms with van der Waals surface area (Å²) in [5, 5.41) is 2.70. The number of nitrogens with one attached hydrogen (secondary N) is 1. The molecule has 0 saturated heterocycles. The number of rotatable bonds is 8. The normalized spacial score (nSPS) is 9.58. The number of hydrogen-bond acceptors (Lipinski definition) is 3. The minimum atomic E-state index is -0.209. The minimum absolute atomic E-state index is 0.0298. The van der Waals surface area contributed by atoms with E-state index >= 15 is 0 Å². The molecule has 0 radical (unpaired) electrons. The van der Waals surface area contributed by atoms with E-state index in [9.17, 15) is 4.79 Å². The third kappa shape index (κ3) is 6.37. The van der Waals surface area contributed by atoms with E-state index in [1.807, 2.05) is 61.5 Å². The van der Waals surface area contributed by atoms with Gasteiger partial charge in [-0.2, -0.15) is 0 Å². The smallest absolute Gasteiger partial charge is 0.258 e. The molecule has 0 aliphatic heterocycles. The summed E-state index contributed by atoms with van der Waals surface area (Å²) in [6.07, 6.45) is 2.59. The number of allylic oxidation sites excluding steroid dienone is 1. The molecule has 0 fully saturated rings. The van der Waals surface area contributed by atoms with Gasteiger partial charge < -0.3 is 14.8 Å². The minimum Gasteiger partial charge on any atom is -0.484 e. The summed E-state index contributed by atoms with van der Waals surface area (Å²) in [4.78, 5) is 11.8. The summed E-state index contributed by atoms with van der Waals surface area (Å²) >= 11 is 0. The fourth-order valence-corrected chi connectivity index (χ4v) is 2.25. The van der Waals surface area contributed by atoms with E-state index in [0.717, 1.165) is 23.3 Å². The number of amides is 1. The molecule has 0 heterocycles. The van der Waals surface area contributed by atoms with Crippen molar-refractivity contribution in [2.75, 3.05) is 19.8 Å². The molecule has 0 saturated carbocycles.